The van der Waals surface area contributed by atoms with Crippen LogP contribution in [-0.2, 0) is 0 Å². The number of hydrazine groups is 1. The Bertz CT molecular complexity index is 545. The minimum atomic E-state index is -0.909. The van der Waals surface area contributed by atoms with Gasteiger partial charge >= 0.3 is 6.03 Å². The van der Waals surface area contributed by atoms with E-state index >= 15 is 0 Å². The maximum Gasteiger partial charge on any atom is 0.370 e. The SMILES string of the molecule is CCCC1N(c2cc(Cl)cc(Cl)c2)C(=O)N(F)N1SC(Cl)Cl. The van der Waals surface area contributed by atoms with Crippen LogP contribution >= 0.6 is 58.4 Å². The number of carbonyl (C=O) groups is 1. The molecule has 0 radical (unpaired) electrons. The fraction of sp³-hybridized carbons (Fsp3) is 0.417. The second kappa shape index (κ2) is 7.64. The maximum atomic E-state index is 14.2. The molecule has 0 spiro atoms. The average molecular weight is 407 g/mol. The molecule has 0 aromatic heterocycles. The van der Waals surface area contributed by atoms with Crippen molar-refractivity contribution in [1.29, 1.82) is 0 Å². The van der Waals surface area contributed by atoms with Crippen molar-refractivity contribution in [2.45, 2.75) is 30.1 Å². The molecule has 0 aliphatic carbocycles. The highest BCUT2D eigenvalue weighted by Gasteiger charge is 2.47. The van der Waals surface area contributed by atoms with Crippen molar-refractivity contribution in [2.24, 2.45) is 0 Å². The summed E-state index contributed by atoms with van der Waals surface area (Å²) >= 11 is 24.2. The van der Waals surface area contributed by atoms with Crippen molar-refractivity contribution in [1.82, 2.24) is 9.65 Å². The second-order valence-corrected chi connectivity index (χ2v) is 8.02. The lowest BCUT2D eigenvalue weighted by Gasteiger charge is -2.27. The summed E-state index contributed by atoms with van der Waals surface area (Å²) in [7, 11) is 0. The van der Waals surface area contributed by atoms with Gasteiger partial charge in [0.15, 0.2) is 4.17 Å². The summed E-state index contributed by atoms with van der Waals surface area (Å²) in [6.07, 6.45) is 0.661. The Balaban J connectivity index is 2.40. The lowest BCUT2D eigenvalue weighted by atomic mass is 10.2. The number of rotatable bonds is 5. The van der Waals surface area contributed by atoms with Crippen molar-refractivity contribution in [2.75, 3.05) is 4.90 Å². The molecule has 1 aliphatic rings. The molecular formula is C12H12Cl4FN3OS. The zero-order valence-corrected chi connectivity index (χ0v) is 15.2. The Hall–Kier alpha value is -0.110. The van der Waals surface area contributed by atoms with E-state index < -0.39 is 16.4 Å². The first-order chi connectivity index (χ1) is 10.3. The number of amides is 2. The van der Waals surface area contributed by atoms with Gasteiger partial charge in [-0.25, -0.2) is 4.79 Å². The number of benzene rings is 1. The second-order valence-electron chi connectivity index (χ2n) is 4.48. The monoisotopic (exact) mass is 405 g/mol. The third kappa shape index (κ3) is 3.86. The van der Waals surface area contributed by atoms with E-state index in [0.29, 0.717) is 22.2 Å². The van der Waals surface area contributed by atoms with Crippen LogP contribution in [0.1, 0.15) is 19.8 Å². The molecule has 22 heavy (non-hydrogen) atoms. The molecular weight excluding hydrogens is 395 g/mol. The molecule has 0 saturated carbocycles. The predicted octanol–water partition coefficient (Wildman–Crippen LogP) is 5.87. The summed E-state index contributed by atoms with van der Waals surface area (Å²) in [4.78, 5) is 13.5. The third-order valence-corrected chi connectivity index (χ3v) is 4.63. The highest BCUT2D eigenvalue weighted by Crippen LogP contribution is 2.39. The maximum absolute atomic E-state index is 14.2. The van der Waals surface area contributed by atoms with Crippen LogP contribution in [0.5, 0.6) is 0 Å². The van der Waals surface area contributed by atoms with Gasteiger partial charge in [-0.2, -0.15) is 0 Å². The van der Waals surface area contributed by atoms with Gasteiger partial charge < -0.3 is 0 Å². The summed E-state index contributed by atoms with van der Waals surface area (Å²) in [6.45, 7) is 1.93. The topological polar surface area (TPSA) is 26.8 Å². The smallest absolute Gasteiger partial charge is 0.272 e. The van der Waals surface area contributed by atoms with Gasteiger partial charge in [0.2, 0.25) is 0 Å². The van der Waals surface area contributed by atoms with Gasteiger partial charge in [-0.15, -0.1) is 4.41 Å². The van der Waals surface area contributed by atoms with Gasteiger partial charge in [0.25, 0.3) is 0 Å². The van der Waals surface area contributed by atoms with Crippen LogP contribution in [0.3, 0.4) is 0 Å². The minimum Gasteiger partial charge on any atom is -0.272 e. The number of urea groups is 1. The van der Waals surface area contributed by atoms with E-state index in [4.69, 9.17) is 46.4 Å². The first-order valence-electron chi connectivity index (χ1n) is 6.34. The number of alkyl halides is 2. The van der Waals surface area contributed by atoms with Crippen LogP contribution in [0.25, 0.3) is 0 Å². The van der Waals surface area contributed by atoms with E-state index in [1.54, 1.807) is 12.1 Å². The largest absolute Gasteiger partial charge is 0.370 e. The minimum absolute atomic E-state index is 0.00242. The molecule has 1 heterocycles. The third-order valence-electron chi connectivity index (χ3n) is 2.95. The van der Waals surface area contributed by atoms with Crippen LogP contribution in [0.4, 0.5) is 15.0 Å². The van der Waals surface area contributed by atoms with Gasteiger partial charge in [-0.3, -0.25) is 4.90 Å². The Kier molecular flexibility index (Phi) is 6.33. The van der Waals surface area contributed by atoms with Gasteiger partial charge in [0.05, 0.1) is 5.69 Å². The van der Waals surface area contributed by atoms with Gasteiger partial charge in [0.1, 0.15) is 6.17 Å². The first kappa shape index (κ1) is 18.2. The van der Waals surface area contributed by atoms with E-state index in [9.17, 15) is 9.28 Å². The number of anilines is 1. The standard InChI is InChI=1S/C12H12Cl4FN3OS/c1-2-3-10-18(9-5-7(13)4-8(14)6-9)12(21)19(17)20(10)22-11(15)16/h4-6,10-11H,2-3H2,1H3. The average Bonchev–Trinajstić information content (AvgIpc) is 2.62. The fourth-order valence-corrected chi connectivity index (χ4v) is 3.83. The van der Waals surface area contributed by atoms with E-state index in [2.05, 4.69) is 0 Å². The van der Waals surface area contributed by atoms with Crippen LogP contribution in [0.15, 0.2) is 18.2 Å². The first-order valence-corrected chi connectivity index (χ1v) is 8.81. The Morgan fingerprint density at radius 2 is 1.86 bits per heavy atom. The zero-order valence-electron chi connectivity index (χ0n) is 11.3. The number of hydrogen-bond donors (Lipinski definition) is 0. The number of hydrogen-bond acceptors (Lipinski definition) is 3. The molecule has 1 aromatic carbocycles. The van der Waals surface area contributed by atoms with E-state index in [1.807, 2.05) is 6.92 Å². The summed E-state index contributed by atoms with van der Waals surface area (Å²) in [5, 5.41) is 0.710. The van der Waals surface area contributed by atoms with E-state index in [1.165, 1.54) is 11.0 Å². The number of halogens is 5. The molecule has 0 N–H and O–H groups in total. The molecule has 2 rings (SSSR count). The van der Waals surface area contributed by atoms with Gasteiger partial charge in [0, 0.05) is 10.0 Å². The Morgan fingerprint density at radius 3 is 2.36 bits per heavy atom. The predicted molar refractivity (Wildman–Crippen MR) is 90.9 cm³/mol. The molecule has 1 fully saturated rings. The molecule has 1 aromatic rings. The molecule has 122 valence electrons. The van der Waals surface area contributed by atoms with E-state index in [-0.39, 0.29) is 5.23 Å². The molecule has 1 aliphatic heterocycles. The van der Waals surface area contributed by atoms with Crippen LogP contribution in [0, 0.1) is 0 Å². The summed E-state index contributed by atoms with van der Waals surface area (Å²) in [5.41, 5.74) is 0.410. The van der Waals surface area contributed by atoms with Crippen LogP contribution in [0.2, 0.25) is 10.0 Å². The van der Waals surface area contributed by atoms with Crippen molar-refractivity contribution in [3.63, 3.8) is 0 Å². The van der Waals surface area contributed by atoms with Crippen molar-refractivity contribution in [3.05, 3.63) is 28.2 Å². The molecule has 1 unspecified atom stereocenters. The van der Waals surface area contributed by atoms with Crippen molar-refractivity contribution < 1.29 is 9.28 Å². The molecule has 4 nitrogen and oxygen atoms in total. The highest BCUT2D eigenvalue weighted by atomic mass is 35.5. The van der Waals surface area contributed by atoms with Gasteiger partial charge in [-0.05, 0) is 36.6 Å². The lowest BCUT2D eigenvalue weighted by molar-refractivity contribution is -0.0465. The normalized spacial score (nSPS) is 19.6. The summed E-state index contributed by atoms with van der Waals surface area (Å²) in [6, 6.07) is 3.79. The molecule has 1 atom stereocenters. The Labute approximate surface area is 152 Å². The molecule has 2 amide bonds. The summed E-state index contributed by atoms with van der Waals surface area (Å²) in [5.74, 6) is 0. The molecule has 0 bridgehead atoms. The van der Waals surface area contributed by atoms with Crippen LogP contribution in [-0.4, -0.2) is 26.0 Å². The van der Waals surface area contributed by atoms with Crippen LogP contribution < -0.4 is 4.90 Å². The van der Waals surface area contributed by atoms with E-state index in [0.717, 1.165) is 22.8 Å². The molecule has 10 heteroatoms. The summed E-state index contributed by atoms with van der Waals surface area (Å²) < 4.78 is 14.4. The quantitative estimate of drug-likeness (QED) is 0.347. The molecule has 1 saturated heterocycles. The lowest BCUT2D eigenvalue weighted by Crippen LogP contribution is -2.37. The Morgan fingerprint density at radius 1 is 1.27 bits per heavy atom. The zero-order chi connectivity index (χ0) is 16.4. The number of carbonyl (C=O) groups excluding carboxylic acids is 1. The van der Waals surface area contributed by atoms with Gasteiger partial charge in [-0.1, -0.05) is 69.5 Å². The van der Waals surface area contributed by atoms with Crippen molar-refractivity contribution >= 4 is 70.1 Å². The van der Waals surface area contributed by atoms with Crippen molar-refractivity contribution in [3.8, 4) is 0 Å². The fourth-order valence-electron chi connectivity index (χ4n) is 2.17. The number of nitrogens with zero attached hydrogens (tertiary/aromatic N) is 3. The highest BCUT2D eigenvalue weighted by molar-refractivity contribution is 8.00.